The van der Waals surface area contributed by atoms with Crippen molar-refractivity contribution in [3.8, 4) is 11.4 Å². The van der Waals surface area contributed by atoms with E-state index in [4.69, 9.17) is 9.72 Å². The summed E-state index contributed by atoms with van der Waals surface area (Å²) in [6, 6.07) is 11.9. The molecular formula is C26H26BrN5O4. The Kier molecular flexibility index (Phi) is 7.35. The number of nitro benzene ring substituents is 1. The first-order valence-corrected chi connectivity index (χ1v) is 12.3. The molecule has 9 nitrogen and oxygen atoms in total. The Morgan fingerprint density at radius 1 is 1.19 bits per heavy atom. The molecule has 2 heterocycles. The van der Waals surface area contributed by atoms with Crippen LogP contribution in [0.1, 0.15) is 42.5 Å². The number of benzene rings is 2. The van der Waals surface area contributed by atoms with Crippen LogP contribution in [-0.4, -0.2) is 32.5 Å². The van der Waals surface area contributed by atoms with Gasteiger partial charge < -0.3 is 9.30 Å². The van der Waals surface area contributed by atoms with Gasteiger partial charge in [0, 0.05) is 33.9 Å². The van der Waals surface area contributed by atoms with Crippen molar-refractivity contribution in [3.05, 3.63) is 90.2 Å². The summed E-state index contributed by atoms with van der Waals surface area (Å²) in [7, 11) is 1.48. The van der Waals surface area contributed by atoms with E-state index < -0.39 is 4.92 Å². The van der Waals surface area contributed by atoms with Crippen LogP contribution < -0.4 is 10.3 Å². The molecule has 0 fully saturated rings. The lowest BCUT2D eigenvalue weighted by Gasteiger charge is -2.13. The number of nitrogens with zero attached hydrogens (tertiary/aromatic N) is 5. The molecule has 186 valence electrons. The number of hydrogen-bond acceptors (Lipinski definition) is 6. The first kappa shape index (κ1) is 25.3. The van der Waals surface area contributed by atoms with Crippen LogP contribution in [0.15, 0.2) is 56.8 Å². The highest BCUT2D eigenvalue weighted by molar-refractivity contribution is 9.10. The highest BCUT2D eigenvalue weighted by Crippen LogP contribution is 2.31. The average molecular weight is 552 g/mol. The molecule has 0 unspecified atom stereocenters. The van der Waals surface area contributed by atoms with Gasteiger partial charge in [0.05, 0.1) is 40.9 Å². The predicted molar refractivity (Wildman–Crippen MR) is 144 cm³/mol. The van der Waals surface area contributed by atoms with Crippen LogP contribution in [0, 0.1) is 24.0 Å². The second-order valence-electron chi connectivity index (χ2n) is 8.43. The van der Waals surface area contributed by atoms with Gasteiger partial charge in [-0.1, -0.05) is 29.3 Å². The number of hydrogen-bond donors (Lipinski definition) is 0. The zero-order valence-electron chi connectivity index (χ0n) is 20.5. The van der Waals surface area contributed by atoms with E-state index in [2.05, 4.69) is 28.0 Å². The molecule has 0 aliphatic carbocycles. The van der Waals surface area contributed by atoms with Crippen molar-refractivity contribution < 1.29 is 9.66 Å². The van der Waals surface area contributed by atoms with Gasteiger partial charge in [0.1, 0.15) is 11.6 Å². The van der Waals surface area contributed by atoms with E-state index in [0.717, 1.165) is 34.3 Å². The molecule has 0 radical (unpaired) electrons. The molecule has 4 aromatic rings. The Hall–Kier alpha value is -3.79. The normalized spacial score (nSPS) is 11.5. The summed E-state index contributed by atoms with van der Waals surface area (Å²) < 4.78 is 9.56. The summed E-state index contributed by atoms with van der Waals surface area (Å²) in [6.45, 7) is 5.94. The smallest absolute Gasteiger partial charge is 0.282 e. The van der Waals surface area contributed by atoms with E-state index in [1.807, 2.05) is 36.6 Å². The Morgan fingerprint density at radius 2 is 1.97 bits per heavy atom. The quantitative estimate of drug-likeness (QED) is 0.158. The summed E-state index contributed by atoms with van der Waals surface area (Å²) in [4.78, 5) is 28.8. The van der Waals surface area contributed by atoms with Crippen molar-refractivity contribution in [1.82, 2.24) is 14.2 Å². The molecule has 0 atom stereocenters. The number of nitro groups is 1. The zero-order chi connectivity index (χ0) is 26.0. The summed E-state index contributed by atoms with van der Waals surface area (Å²) in [5.41, 5.74) is 3.59. The van der Waals surface area contributed by atoms with E-state index in [1.165, 1.54) is 23.9 Å². The van der Waals surface area contributed by atoms with Crippen molar-refractivity contribution in [2.24, 2.45) is 5.10 Å². The number of methoxy groups -OCH3 is 1. The summed E-state index contributed by atoms with van der Waals surface area (Å²) >= 11 is 3.43. The van der Waals surface area contributed by atoms with Crippen molar-refractivity contribution in [2.75, 3.05) is 7.11 Å². The monoisotopic (exact) mass is 551 g/mol. The van der Waals surface area contributed by atoms with E-state index in [9.17, 15) is 14.9 Å². The van der Waals surface area contributed by atoms with Crippen molar-refractivity contribution in [2.45, 2.75) is 40.0 Å². The van der Waals surface area contributed by atoms with Gasteiger partial charge in [-0.25, -0.2) is 4.98 Å². The molecule has 36 heavy (non-hydrogen) atoms. The first-order valence-electron chi connectivity index (χ1n) is 11.5. The first-order chi connectivity index (χ1) is 17.2. The minimum atomic E-state index is -0.455. The van der Waals surface area contributed by atoms with Crippen LogP contribution in [-0.2, 0) is 6.42 Å². The van der Waals surface area contributed by atoms with Crippen molar-refractivity contribution >= 4 is 38.7 Å². The fourth-order valence-electron chi connectivity index (χ4n) is 4.18. The molecule has 4 rings (SSSR count). The summed E-state index contributed by atoms with van der Waals surface area (Å²) in [5.74, 6) is 0.996. The van der Waals surface area contributed by atoms with Crippen LogP contribution in [0.5, 0.6) is 5.75 Å². The van der Waals surface area contributed by atoms with Crippen LogP contribution in [0.4, 0.5) is 5.69 Å². The van der Waals surface area contributed by atoms with Gasteiger partial charge in [-0.15, -0.1) is 0 Å². The lowest BCUT2D eigenvalue weighted by molar-refractivity contribution is -0.384. The second kappa shape index (κ2) is 10.4. The Bertz CT molecular complexity index is 1550. The molecule has 0 aliphatic rings. The highest BCUT2D eigenvalue weighted by Gasteiger charge is 2.17. The van der Waals surface area contributed by atoms with Gasteiger partial charge in [-0.3, -0.25) is 14.9 Å². The number of non-ortho nitro benzene ring substituents is 1. The summed E-state index contributed by atoms with van der Waals surface area (Å²) in [6.07, 6.45) is 4.14. The number of unbranched alkanes of at least 4 members (excludes halogenated alkanes) is 1. The van der Waals surface area contributed by atoms with Gasteiger partial charge in [-0.2, -0.15) is 9.78 Å². The van der Waals surface area contributed by atoms with Crippen LogP contribution >= 0.6 is 15.9 Å². The number of fused-ring (bicyclic) bond motifs is 1. The van der Waals surface area contributed by atoms with Gasteiger partial charge >= 0.3 is 0 Å². The van der Waals surface area contributed by atoms with Gasteiger partial charge in [0.2, 0.25) is 0 Å². The van der Waals surface area contributed by atoms with Crippen LogP contribution in [0.2, 0.25) is 0 Å². The molecule has 0 bridgehead atoms. The van der Waals surface area contributed by atoms with E-state index in [0.29, 0.717) is 34.6 Å². The molecule has 2 aromatic carbocycles. The molecule has 0 aliphatic heterocycles. The average Bonchev–Trinajstić information content (AvgIpc) is 3.14. The minimum absolute atomic E-state index is 0.0470. The largest absolute Gasteiger partial charge is 0.494 e. The number of ether oxygens (including phenoxy) is 1. The van der Waals surface area contributed by atoms with E-state index in [1.54, 1.807) is 18.3 Å². The van der Waals surface area contributed by atoms with Gasteiger partial charge in [0.25, 0.3) is 11.2 Å². The van der Waals surface area contributed by atoms with Crippen molar-refractivity contribution in [3.63, 3.8) is 0 Å². The molecule has 0 saturated carbocycles. The Labute approximate surface area is 216 Å². The number of aryl methyl sites for hydroxylation is 2. The standard InChI is InChI=1S/C26H26BrN5O4/c1-5-6-7-25-29-22-10-8-19(27)13-21(22)26(33)31(25)28-15-18-12-16(2)30(17(18)3)23-11-9-20(32(34)35)14-24(23)36-4/h8-15H,5-7H2,1-4H3. The number of halogens is 1. The molecule has 10 heteroatoms. The molecule has 0 spiro atoms. The van der Waals surface area contributed by atoms with Crippen LogP contribution in [0.3, 0.4) is 0 Å². The fraction of sp³-hybridized carbons (Fsp3) is 0.269. The molecule has 2 aromatic heterocycles. The molecule has 0 N–H and O–H groups in total. The Morgan fingerprint density at radius 3 is 2.67 bits per heavy atom. The third-order valence-corrected chi connectivity index (χ3v) is 6.52. The topological polar surface area (TPSA) is 105 Å². The number of rotatable bonds is 8. The highest BCUT2D eigenvalue weighted by atomic mass is 79.9. The third kappa shape index (κ3) is 4.81. The molecular weight excluding hydrogens is 526 g/mol. The number of aromatic nitrogens is 3. The van der Waals surface area contributed by atoms with E-state index >= 15 is 0 Å². The molecule has 0 amide bonds. The maximum absolute atomic E-state index is 13.3. The Balaban J connectivity index is 1.81. The van der Waals surface area contributed by atoms with Gasteiger partial charge in [-0.05, 0) is 50.6 Å². The lowest BCUT2D eigenvalue weighted by Crippen LogP contribution is -2.22. The third-order valence-electron chi connectivity index (χ3n) is 6.03. The predicted octanol–water partition coefficient (Wildman–Crippen LogP) is 5.71. The minimum Gasteiger partial charge on any atom is -0.494 e. The zero-order valence-corrected chi connectivity index (χ0v) is 22.1. The lowest BCUT2D eigenvalue weighted by atomic mass is 10.2. The molecule has 0 saturated heterocycles. The fourth-order valence-corrected chi connectivity index (χ4v) is 4.55. The maximum Gasteiger partial charge on any atom is 0.282 e. The van der Waals surface area contributed by atoms with Gasteiger partial charge in [0.15, 0.2) is 0 Å². The van der Waals surface area contributed by atoms with E-state index in [-0.39, 0.29) is 11.2 Å². The summed E-state index contributed by atoms with van der Waals surface area (Å²) in [5, 5.41) is 16.2. The second-order valence-corrected chi connectivity index (χ2v) is 9.35. The van der Waals surface area contributed by atoms with Crippen molar-refractivity contribution in [1.29, 1.82) is 0 Å². The van der Waals surface area contributed by atoms with Crippen LogP contribution in [0.25, 0.3) is 16.6 Å². The maximum atomic E-state index is 13.3. The SMILES string of the molecule is CCCCc1nc2ccc(Br)cc2c(=O)n1N=Cc1cc(C)n(-c2ccc([N+](=O)[O-])cc2OC)c1C.